The highest BCUT2D eigenvalue weighted by molar-refractivity contribution is 8.39. The summed E-state index contributed by atoms with van der Waals surface area (Å²) in [6, 6.07) is 0.208. The van der Waals surface area contributed by atoms with E-state index in [-0.39, 0.29) is 6.04 Å². The number of thioether (sulfide) groups is 2. The summed E-state index contributed by atoms with van der Waals surface area (Å²) in [5, 5.41) is 3.54. The predicted octanol–water partition coefficient (Wildman–Crippen LogP) is 3.30. The van der Waals surface area contributed by atoms with Crippen molar-refractivity contribution in [1.29, 1.82) is 0 Å². The van der Waals surface area contributed by atoms with Gasteiger partial charge in [-0.3, -0.25) is 4.99 Å². The molecule has 14 heavy (non-hydrogen) atoms. The maximum Gasteiger partial charge on any atom is 0.124 e. The van der Waals surface area contributed by atoms with Crippen LogP contribution in [0, 0.1) is 0 Å². The lowest BCUT2D eigenvalue weighted by Crippen LogP contribution is -2.06. The third-order valence-electron chi connectivity index (χ3n) is 1.77. The van der Waals surface area contributed by atoms with Crippen molar-refractivity contribution in [3.05, 3.63) is 10.4 Å². The number of nitrogens with zero attached hydrogens (tertiary/aromatic N) is 4. The predicted molar refractivity (Wildman–Crippen MR) is 65.1 cm³/mol. The zero-order valence-electron chi connectivity index (χ0n) is 8.22. The Morgan fingerprint density at radius 2 is 2.64 bits per heavy atom. The van der Waals surface area contributed by atoms with E-state index in [4.69, 9.17) is 5.53 Å². The molecule has 1 heterocycles. The second kappa shape index (κ2) is 7.04. The van der Waals surface area contributed by atoms with Crippen LogP contribution in [0.2, 0.25) is 0 Å². The first-order valence-corrected chi connectivity index (χ1v) is 6.68. The van der Waals surface area contributed by atoms with E-state index in [0.717, 1.165) is 15.9 Å². The van der Waals surface area contributed by atoms with E-state index in [2.05, 4.69) is 21.9 Å². The molecule has 0 aliphatic carbocycles. The molecule has 0 amide bonds. The summed E-state index contributed by atoms with van der Waals surface area (Å²) in [7, 11) is 0. The number of unbranched alkanes of at least 4 members (excludes halogenated alkanes) is 1. The highest BCUT2D eigenvalue weighted by Crippen LogP contribution is 2.26. The van der Waals surface area contributed by atoms with E-state index in [1.165, 1.54) is 12.8 Å². The van der Waals surface area contributed by atoms with Gasteiger partial charge in [0, 0.05) is 17.2 Å². The van der Waals surface area contributed by atoms with Crippen molar-refractivity contribution >= 4 is 27.9 Å². The van der Waals surface area contributed by atoms with Gasteiger partial charge in [-0.2, -0.15) is 0 Å². The number of hydrogen-bond acceptors (Lipinski definition) is 4. The summed E-state index contributed by atoms with van der Waals surface area (Å²) in [5.41, 5.74) is 8.16. The van der Waals surface area contributed by atoms with Crippen LogP contribution in [0.3, 0.4) is 0 Å². The first-order chi connectivity index (χ1) is 6.86. The van der Waals surface area contributed by atoms with Gasteiger partial charge in [0.15, 0.2) is 0 Å². The average Bonchev–Trinajstić information content (AvgIpc) is 2.63. The summed E-state index contributed by atoms with van der Waals surface area (Å²) >= 11 is 3.61. The zero-order valence-corrected chi connectivity index (χ0v) is 9.85. The largest absolute Gasteiger partial charge is 0.267 e. The number of rotatable bonds is 5. The first-order valence-electron chi connectivity index (χ1n) is 4.71. The maximum atomic E-state index is 8.16. The summed E-state index contributed by atoms with van der Waals surface area (Å²) in [4.78, 5) is 7.21. The SMILES string of the molecule is CCCCSC1=N[C@H](CN=[N+]=[N-])CS1. The summed E-state index contributed by atoms with van der Waals surface area (Å²) in [6.45, 7) is 2.69. The van der Waals surface area contributed by atoms with Crippen molar-refractivity contribution in [2.45, 2.75) is 25.8 Å². The average molecular weight is 230 g/mol. The fourth-order valence-corrected chi connectivity index (χ4v) is 3.36. The summed E-state index contributed by atoms with van der Waals surface area (Å²) in [6.07, 6.45) is 2.47. The van der Waals surface area contributed by atoms with E-state index in [1.54, 1.807) is 11.8 Å². The van der Waals surface area contributed by atoms with E-state index in [9.17, 15) is 0 Å². The van der Waals surface area contributed by atoms with E-state index < -0.39 is 0 Å². The van der Waals surface area contributed by atoms with Gasteiger partial charge >= 0.3 is 0 Å². The molecule has 0 N–H and O–H groups in total. The van der Waals surface area contributed by atoms with Crippen molar-refractivity contribution in [1.82, 2.24) is 0 Å². The Kier molecular flexibility index (Phi) is 5.91. The molecule has 0 saturated carbocycles. The third-order valence-corrected chi connectivity index (χ3v) is 4.22. The lowest BCUT2D eigenvalue weighted by molar-refractivity contribution is 0.773. The maximum absolute atomic E-state index is 8.16. The van der Waals surface area contributed by atoms with Crippen LogP contribution >= 0.6 is 23.5 Å². The minimum atomic E-state index is 0.208. The van der Waals surface area contributed by atoms with Crippen LogP contribution in [0.25, 0.3) is 10.4 Å². The molecule has 6 heteroatoms. The van der Waals surface area contributed by atoms with Gasteiger partial charge < -0.3 is 0 Å². The lowest BCUT2D eigenvalue weighted by atomic mass is 10.4. The number of hydrogen-bond donors (Lipinski definition) is 0. The van der Waals surface area contributed by atoms with Crippen molar-refractivity contribution in [2.24, 2.45) is 10.1 Å². The van der Waals surface area contributed by atoms with Crippen LogP contribution in [0.5, 0.6) is 0 Å². The van der Waals surface area contributed by atoms with Crippen molar-refractivity contribution in [2.75, 3.05) is 18.1 Å². The standard InChI is InChI=1S/C8H14N4S2/c1-2-3-4-13-8-11-7(6-14-8)5-10-12-9/h7H,2-6H2,1H3/t7-/m1/s1. The minimum absolute atomic E-state index is 0.208. The molecule has 1 aliphatic rings. The topological polar surface area (TPSA) is 61.1 Å². The Hall–Kier alpha value is -0.320. The minimum Gasteiger partial charge on any atom is -0.267 e. The molecular formula is C8H14N4S2. The molecule has 0 spiro atoms. The highest BCUT2D eigenvalue weighted by atomic mass is 32.2. The van der Waals surface area contributed by atoms with Crippen molar-refractivity contribution < 1.29 is 0 Å². The second-order valence-electron chi connectivity index (χ2n) is 2.98. The van der Waals surface area contributed by atoms with Gasteiger partial charge in [0.1, 0.15) is 4.38 Å². The molecule has 0 radical (unpaired) electrons. The molecule has 0 saturated heterocycles. The fraction of sp³-hybridized carbons (Fsp3) is 0.875. The van der Waals surface area contributed by atoms with E-state index >= 15 is 0 Å². The highest BCUT2D eigenvalue weighted by Gasteiger charge is 2.17. The molecule has 0 bridgehead atoms. The number of aliphatic imine (C=N–C) groups is 1. The van der Waals surface area contributed by atoms with Crippen LogP contribution in [0.15, 0.2) is 10.1 Å². The van der Waals surface area contributed by atoms with Gasteiger partial charge in [0.25, 0.3) is 0 Å². The van der Waals surface area contributed by atoms with Crippen molar-refractivity contribution in [3.8, 4) is 0 Å². The molecule has 1 aliphatic heterocycles. The van der Waals surface area contributed by atoms with Crippen LogP contribution in [0.1, 0.15) is 19.8 Å². The van der Waals surface area contributed by atoms with Crippen LogP contribution < -0.4 is 0 Å². The zero-order chi connectivity index (χ0) is 10.2. The lowest BCUT2D eigenvalue weighted by Gasteiger charge is -1.97. The van der Waals surface area contributed by atoms with E-state index in [1.807, 2.05) is 11.8 Å². The van der Waals surface area contributed by atoms with Gasteiger partial charge in [0.2, 0.25) is 0 Å². The Morgan fingerprint density at radius 1 is 1.79 bits per heavy atom. The van der Waals surface area contributed by atoms with Crippen molar-refractivity contribution in [3.63, 3.8) is 0 Å². The van der Waals surface area contributed by atoms with Crippen LogP contribution in [-0.2, 0) is 0 Å². The van der Waals surface area contributed by atoms with Gasteiger partial charge in [-0.05, 0) is 17.7 Å². The molecule has 0 fully saturated rings. The van der Waals surface area contributed by atoms with Gasteiger partial charge in [0.05, 0.1) is 6.04 Å². The number of azide groups is 1. The molecular weight excluding hydrogens is 216 g/mol. The van der Waals surface area contributed by atoms with Gasteiger partial charge in [-0.15, -0.1) is 0 Å². The normalized spacial score (nSPS) is 20.4. The molecule has 4 nitrogen and oxygen atoms in total. The molecule has 78 valence electrons. The van der Waals surface area contributed by atoms with Crippen LogP contribution in [0.4, 0.5) is 0 Å². The molecule has 0 aromatic rings. The van der Waals surface area contributed by atoms with Gasteiger partial charge in [-0.25, -0.2) is 0 Å². The Labute approximate surface area is 92.6 Å². The first kappa shape index (κ1) is 11.8. The fourth-order valence-electron chi connectivity index (χ4n) is 0.998. The van der Waals surface area contributed by atoms with Gasteiger partial charge in [-0.1, -0.05) is 42.0 Å². The quantitative estimate of drug-likeness (QED) is 0.315. The second-order valence-corrected chi connectivity index (χ2v) is 5.33. The van der Waals surface area contributed by atoms with Crippen LogP contribution in [-0.4, -0.2) is 28.5 Å². The Balaban J connectivity index is 2.23. The molecule has 0 aromatic heterocycles. The summed E-state index contributed by atoms with van der Waals surface area (Å²) < 4.78 is 1.16. The summed E-state index contributed by atoms with van der Waals surface area (Å²) in [5.74, 6) is 2.12. The Bertz CT molecular complexity index is 248. The van der Waals surface area contributed by atoms with E-state index in [0.29, 0.717) is 6.54 Å². The Morgan fingerprint density at radius 3 is 3.36 bits per heavy atom. The third kappa shape index (κ3) is 4.26. The monoisotopic (exact) mass is 230 g/mol. The smallest absolute Gasteiger partial charge is 0.124 e. The molecule has 1 atom stereocenters. The molecule has 0 aromatic carbocycles. The molecule has 0 unspecified atom stereocenters. The molecule has 1 rings (SSSR count).